The van der Waals surface area contributed by atoms with E-state index >= 15 is 0 Å². The van der Waals surface area contributed by atoms with E-state index in [1.54, 1.807) is 12.3 Å². The van der Waals surface area contributed by atoms with Crippen molar-refractivity contribution in [2.24, 2.45) is 5.92 Å². The third-order valence-corrected chi connectivity index (χ3v) is 3.29. The highest BCUT2D eigenvalue weighted by atomic mass is 79.9. The number of halogens is 1. The molecule has 0 bridgehead atoms. The molecule has 2 unspecified atom stereocenters. The van der Waals surface area contributed by atoms with E-state index in [-0.39, 0.29) is 5.91 Å². The number of aromatic amines is 1. The Hall–Kier alpha value is -0.840. The van der Waals surface area contributed by atoms with Gasteiger partial charge in [-0.2, -0.15) is 5.10 Å². The summed E-state index contributed by atoms with van der Waals surface area (Å²) in [5.74, 6) is 0.596. The monoisotopic (exact) mass is 271 g/mol. The molecule has 4 nitrogen and oxygen atoms in total. The predicted molar refractivity (Wildman–Crippen MR) is 61.0 cm³/mol. The SMILES string of the molecule is CC1CC(Br)CN(C(=O)c2ccn[nH]2)C1. The standard InChI is InChI=1S/C10H14BrN3O/c1-7-4-8(11)6-14(5-7)10(15)9-2-3-12-13-9/h2-3,7-8H,4-6H2,1H3,(H,12,13). The van der Waals surface area contributed by atoms with Crippen molar-refractivity contribution in [3.8, 4) is 0 Å². The third-order valence-electron chi connectivity index (χ3n) is 2.63. The first-order chi connectivity index (χ1) is 7.16. The molecule has 5 heteroatoms. The highest BCUT2D eigenvalue weighted by Gasteiger charge is 2.27. The fourth-order valence-corrected chi connectivity index (χ4v) is 2.97. The molecule has 1 aliphatic rings. The van der Waals surface area contributed by atoms with Crippen LogP contribution >= 0.6 is 15.9 Å². The summed E-state index contributed by atoms with van der Waals surface area (Å²) in [4.78, 5) is 14.3. The van der Waals surface area contributed by atoms with Crippen molar-refractivity contribution < 1.29 is 4.79 Å². The van der Waals surface area contributed by atoms with Crippen LogP contribution in [0, 0.1) is 5.92 Å². The number of hydrogen-bond acceptors (Lipinski definition) is 2. The van der Waals surface area contributed by atoms with Crippen LogP contribution < -0.4 is 0 Å². The van der Waals surface area contributed by atoms with Crippen LogP contribution in [0.3, 0.4) is 0 Å². The number of carbonyl (C=O) groups excluding carboxylic acids is 1. The van der Waals surface area contributed by atoms with Crippen molar-refractivity contribution in [3.63, 3.8) is 0 Å². The second-order valence-electron chi connectivity index (χ2n) is 4.12. The summed E-state index contributed by atoms with van der Waals surface area (Å²) in [6, 6.07) is 1.71. The van der Waals surface area contributed by atoms with Crippen LogP contribution in [0.25, 0.3) is 0 Å². The number of nitrogens with one attached hydrogen (secondary N) is 1. The Bertz CT molecular complexity index is 328. The van der Waals surface area contributed by atoms with E-state index in [4.69, 9.17) is 0 Å². The average Bonchev–Trinajstić information content (AvgIpc) is 2.67. The molecule has 2 rings (SSSR count). The number of amides is 1. The van der Waals surface area contributed by atoms with Crippen LogP contribution in [0.4, 0.5) is 0 Å². The molecule has 1 saturated heterocycles. The van der Waals surface area contributed by atoms with Gasteiger partial charge < -0.3 is 4.90 Å². The molecule has 0 radical (unpaired) electrons. The number of aromatic nitrogens is 2. The van der Waals surface area contributed by atoms with Gasteiger partial charge in [0.1, 0.15) is 5.69 Å². The smallest absolute Gasteiger partial charge is 0.271 e. The maximum absolute atomic E-state index is 12.0. The lowest BCUT2D eigenvalue weighted by Crippen LogP contribution is -2.43. The summed E-state index contributed by atoms with van der Waals surface area (Å²) in [7, 11) is 0. The summed E-state index contributed by atoms with van der Waals surface area (Å²) in [5.41, 5.74) is 0.573. The molecule has 2 atom stereocenters. The molecule has 1 aromatic heterocycles. The topological polar surface area (TPSA) is 49.0 Å². The number of piperidine rings is 1. The lowest BCUT2D eigenvalue weighted by molar-refractivity contribution is 0.0685. The maximum atomic E-state index is 12.0. The molecule has 1 fully saturated rings. The van der Waals surface area contributed by atoms with Crippen molar-refractivity contribution >= 4 is 21.8 Å². The van der Waals surface area contributed by atoms with E-state index in [0.717, 1.165) is 19.5 Å². The molecule has 0 spiro atoms. The van der Waals surface area contributed by atoms with E-state index in [1.165, 1.54) is 0 Å². The average molecular weight is 272 g/mol. The van der Waals surface area contributed by atoms with Gasteiger partial charge >= 0.3 is 0 Å². The Morgan fingerprint density at radius 3 is 3.07 bits per heavy atom. The van der Waals surface area contributed by atoms with Gasteiger partial charge in [0.15, 0.2) is 0 Å². The van der Waals surface area contributed by atoms with Gasteiger partial charge in [0, 0.05) is 24.1 Å². The highest BCUT2D eigenvalue weighted by Crippen LogP contribution is 2.22. The summed E-state index contributed by atoms with van der Waals surface area (Å²) in [6.07, 6.45) is 2.74. The normalized spacial score (nSPS) is 26.7. The van der Waals surface area contributed by atoms with Crippen molar-refractivity contribution in [2.45, 2.75) is 18.2 Å². The van der Waals surface area contributed by atoms with Gasteiger partial charge in [0.2, 0.25) is 0 Å². The molecule has 1 amide bonds. The number of likely N-dealkylation sites (tertiary alicyclic amines) is 1. The van der Waals surface area contributed by atoms with Crippen LogP contribution in [0.2, 0.25) is 0 Å². The van der Waals surface area contributed by atoms with E-state index < -0.39 is 0 Å². The Labute approximate surface area is 97.2 Å². The molecule has 1 aromatic rings. The summed E-state index contributed by atoms with van der Waals surface area (Å²) < 4.78 is 0. The van der Waals surface area contributed by atoms with Crippen molar-refractivity contribution in [3.05, 3.63) is 18.0 Å². The summed E-state index contributed by atoms with van der Waals surface area (Å²) in [5, 5.41) is 6.50. The zero-order valence-corrected chi connectivity index (χ0v) is 10.2. The Morgan fingerprint density at radius 2 is 2.47 bits per heavy atom. The number of hydrogen-bond donors (Lipinski definition) is 1. The third kappa shape index (κ3) is 2.40. The minimum absolute atomic E-state index is 0.0449. The van der Waals surface area contributed by atoms with Crippen LogP contribution in [-0.2, 0) is 0 Å². The Balaban J connectivity index is 2.07. The molecule has 1 N–H and O–H groups in total. The molecular weight excluding hydrogens is 258 g/mol. The van der Waals surface area contributed by atoms with Gasteiger partial charge in [0.05, 0.1) is 0 Å². The molecule has 82 valence electrons. The molecular formula is C10H14BrN3O. The summed E-state index contributed by atoms with van der Waals surface area (Å²) in [6.45, 7) is 3.78. The number of H-pyrrole nitrogens is 1. The number of rotatable bonds is 1. The van der Waals surface area contributed by atoms with Crippen molar-refractivity contribution in [2.75, 3.05) is 13.1 Å². The van der Waals surface area contributed by atoms with Crippen molar-refractivity contribution in [1.82, 2.24) is 15.1 Å². The van der Waals surface area contributed by atoms with Crippen molar-refractivity contribution in [1.29, 1.82) is 0 Å². The van der Waals surface area contributed by atoms with Gasteiger partial charge in [-0.1, -0.05) is 22.9 Å². The minimum Gasteiger partial charge on any atom is -0.336 e. The van der Waals surface area contributed by atoms with Gasteiger partial charge in [-0.05, 0) is 18.4 Å². The van der Waals surface area contributed by atoms with Gasteiger partial charge in [0.25, 0.3) is 5.91 Å². The fraction of sp³-hybridized carbons (Fsp3) is 0.600. The quantitative estimate of drug-likeness (QED) is 0.790. The largest absolute Gasteiger partial charge is 0.336 e. The number of alkyl halides is 1. The molecule has 0 aromatic carbocycles. The molecule has 0 saturated carbocycles. The van der Waals surface area contributed by atoms with E-state index in [1.807, 2.05) is 4.90 Å². The lowest BCUT2D eigenvalue weighted by atomic mass is 10.00. The molecule has 15 heavy (non-hydrogen) atoms. The minimum atomic E-state index is 0.0449. The maximum Gasteiger partial charge on any atom is 0.271 e. The predicted octanol–water partition coefficient (Wildman–Crippen LogP) is 1.66. The van der Waals surface area contributed by atoms with E-state index in [9.17, 15) is 4.79 Å². The van der Waals surface area contributed by atoms with Gasteiger partial charge in [-0.3, -0.25) is 9.89 Å². The van der Waals surface area contributed by atoms with Gasteiger partial charge in [-0.25, -0.2) is 0 Å². The van der Waals surface area contributed by atoms with Crippen LogP contribution in [0.15, 0.2) is 12.3 Å². The lowest BCUT2D eigenvalue weighted by Gasteiger charge is -2.33. The number of nitrogens with zero attached hydrogens (tertiary/aromatic N) is 2. The van der Waals surface area contributed by atoms with Crippen LogP contribution in [-0.4, -0.2) is 38.9 Å². The summed E-state index contributed by atoms with van der Waals surface area (Å²) >= 11 is 3.58. The van der Waals surface area contributed by atoms with E-state index in [0.29, 0.717) is 16.4 Å². The Morgan fingerprint density at radius 1 is 1.67 bits per heavy atom. The zero-order valence-electron chi connectivity index (χ0n) is 8.61. The first kappa shape index (κ1) is 10.7. The van der Waals surface area contributed by atoms with Crippen LogP contribution in [0.5, 0.6) is 0 Å². The second kappa shape index (κ2) is 4.35. The van der Waals surface area contributed by atoms with Gasteiger partial charge in [-0.15, -0.1) is 0 Å². The van der Waals surface area contributed by atoms with E-state index in [2.05, 4.69) is 33.1 Å². The molecule has 1 aliphatic heterocycles. The van der Waals surface area contributed by atoms with Crippen LogP contribution in [0.1, 0.15) is 23.8 Å². The first-order valence-corrected chi connectivity index (χ1v) is 6.01. The fourth-order valence-electron chi connectivity index (χ4n) is 1.99. The first-order valence-electron chi connectivity index (χ1n) is 5.09. The highest BCUT2D eigenvalue weighted by molar-refractivity contribution is 9.09. The number of carbonyl (C=O) groups is 1. The molecule has 2 heterocycles. The second-order valence-corrected chi connectivity index (χ2v) is 5.41. The Kier molecular flexibility index (Phi) is 3.09. The zero-order chi connectivity index (χ0) is 10.8. The molecule has 0 aliphatic carbocycles.